The number of anilines is 1. The third-order valence-corrected chi connectivity index (χ3v) is 7.71. The van der Waals surface area contributed by atoms with Crippen molar-refractivity contribution in [3.63, 3.8) is 0 Å². The first-order valence-corrected chi connectivity index (χ1v) is 13.7. The van der Waals surface area contributed by atoms with E-state index in [0.29, 0.717) is 6.42 Å². The summed E-state index contributed by atoms with van der Waals surface area (Å²) < 4.78 is 113. The lowest BCUT2D eigenvalue weighted by Gasteiger charge is -2.42. The van der Waals surface area contributed by atoms with E-state index in [-0.39, 0.29) is 23.4 Å². The van der Waals surface area contributed by atoms with Crippen LogP contribution in [0.4, 0.5) is 32.0 Å². The zero-order valence-corrected chi connectivity index (χ0v) is 22.4. The molecule has 1 aliphatic carbocycles. The molecule has 0 spiro atoms. The summed E-state index contributed by atoms with van der Waals surface area (Å²) >= 11 is 0. The molecule has 1 unspecified atom stereocenters. The summed E-state index contributed by atoms with van der Waals surface area (Å²) in [5, 5.41) is 8.88. The van der Waals surface area contributed by atoms with E-state index in [0.717, 1.165) is 26.5 Å². The maximum Gasteiger partial charge on any atom is 0.435 e. The lowest BCUT2D eigenvalue weighted by molar-refractivity contribution is -0.214. The van der Waals surface area contributed by atoms with Crippen LogP contribution in [0.15, 0.2) is 35.4 Å². The van der Waals surface area contributed by atoms with Crippen molar-refractivity contribution in [3.8, 4) is 17.6 Å². The second-order valence-electron chi connectivity index (χ2n) is 9.28. The first kappa shape index (κ1) is 30.0. The molecule has 1 saturated carbocycles. The molecule has 17 heteroatoms. The summed E-state index contributed by atoms with van der Waals surface area (Å²) in [7, 11) is -2.11. The minimum atomic E-state index is -5.00. The molecule has 3 aromatic rings. The number of carbonyl (C=O) groups is 1. The number of carbonyl (C=O) groups excluding carboxylic acids is 1. The number of halogens is 6. The largest absolute Gasteiger partial charge is 0.477 e. The average molecular weight is 605 g/mol. The van der Waals surface area contributed by atoms with Crippen LogP contribution in [-0.2, 0) is 21.3 Å². The van der Waals surface area contributed by atoms with Gasteiger partial charge in [0.1, 0.15) is 11.0 Å². The Bertz CT molecular complexity index is 1610. The van der Waals surface area contributed by atoms with Gasteiger partial charge in [0.25, 0.3) is 23.5 Å². The first-order chi connectivity index (χ1) is 19.0. The van der Waals surface area contributed by atoms with Gasteiger partial charge in [-0.1, -0.05) is 12.5 Å². The predicted octanol–water partition coefficient (Wildman–Crippen LogP) is 5.67. The van der Waals surface area contributed by atoms with E-state index in [1.165, 1.54) is 24.3 Å². The number of hydrogen-bond donors (Lipinski definition) is 2. The summed E-state index contributed by atoms with van der Waals surface area (Å²) in [5.74, 6) is -3.00. The number of aromatic nitrogens is 4. The lowest BCUT2D eigenvalue weighted by atomic mass is 9.66. The molecule has 1 amide bonds. The number of amides is 1. The Morgan fingerprint density at radius 1 is 1.10 bits per heavy atom. The molecule has 2 heterocycles. The van der Waals surface area contributed by atoms with E-state index in [4.69, 9.17) is 14.3 Å². The molecule has 2 N–H and O–H groups in total. The molecular formula is C24H22F6N6O4S. The van der Waals surface area contributed by atoms with E-state index in [1.807, 2.05) is 0 Å². The molecule has 1 aliphatic rings. The Morgan fingerprint density at radius 3 is 2.32 bits per heavy atom. The third-order valence-electron chi connectivity index (χ3n) is 6.56. The number of methoxy groups -OCH3 is 1. The Morgan fingerprint density at radius 2 is 1.78 bits per heavy atom. The fraction of sp³-hybridized carbons (Fsp3) is 0.375. The number of nitrogens with zero attached hydrogens (tertiary/aromatic N) is 4. The summed E-state index contributed by atoms with van der Waals surface area (Å²) in [4.78, 5) is 21.0. The van der Waals surface area contributed by atoms with Gasteiger partial charge in [0.05, 0.1) is 28.7 Å². The van der Waals surface area contributed by atoms with Gasteiger partial charge in [-0.25, -0.2) is 19.0 Å². The van der Waals surface area contributed by atoms with E-state index >= 15 is 0 Å². The molecule has 0 bridgehead atoms. The van der Waals surface area contributed by atoms with Gasteiger partial charge < -0.3 is 14.8 Å². The molecule has 0 aliphatic heterocycles. The number of benzene rings is 1. The van der Waals surface area contributed by atoms with Crippen molar-refractivity contribution in [2.24, 2.45) is 0 Å². The normalized spacial score (nSPS) is 16.3. The van der Waals surface area contributed by atoms with Crippen molar-refractivity contribution >= 4 is 21.3 Å². The monoisotopic (exact) mass is 604 g/mol. The van der Waals surface area contributed by atoms with E-state index in [2.05, 4.69) is 25.5 Å². The van der Waals surface area contributed by atoms with Gasteiger partial charge >= 0.3 is 12.4 Å². The highest BCUT2D eigenvalue weighted by Crippen LogP contribution is 2.54. The van der Waals surface area contributed by atoms with E-state index < -0.39 is 73.6 Å². The van der Waals surface area contributed by atoms with Crippen LogP contribution in [0.25, 0.3) is 0 Å². The van der Waals surface area contributed by atoms with Crippen LogP contribution in [0.5, 0.6) is 17.6 Å². The topological polar surface area (TPSA) is 140 Å². The maximum atomic E-state index is 13.8. The van der Waals surface area contributed by atoms with Gasteiger partial charge in [-0.3, -0.25) is 4.79 Å². The minimum absolute atomic E-state index is 0.00437. The molecule has 4 rings (SSSR count). The average Bonchev–Trinajstić information content (AvgIpc) is 2.82. The first-order valence-electron chi connectivity index (χ1n) is 11.7. The molecule has 2 aromatic heterocycles. The van der Waals surface area contributed by atoms with Crippen molar-refractivity contribution in [3.05, 3.63) is 53.0 Å². The number of rotatable bonds is 7. The standard InChI is InChI=1S/C24H22F6N6O4S/c1-12-16(18(37)33-13-6-4-7-14(10-13)41(3,31)38)19(36-35-17(12)23(25,26)27)40-20-21(39-2)34-15(11-32-20)22(8-5-9-22)24(28,29)30/h4,6-7,10-11,31H,5,8-9H2,1-3H3,(H,33,37). The van der Waals surface area contributed by atoms with Crippen LogP contribution >= 0.6 is 0 Å². The Labute approximate surface area is 229 Å². The van der Waals surface area contributed by atoms with Crippen molar-refractivity contribution < 1.29 is 44.8 Å². The van der Waals surface area contributed by atoms with Gasteiger partial charge in [0.15, 0.2) is 5.69 Å². The summed E-state index contributed by atoms with van der Waals surface area (Å²) in [6, 6.07) is 5.33. The van der Waals surface area contributed by atoms with Crippen LogP contribution < -0.4 is 14.8 Å². The van der Waals surface area contributed by atoms with Gasteiger partial charge in [-0.15, -0.1) is 10.2 Å². The fourth-order valence-electron chi connectivity index (χ4n) is 4.22. The van der Waals surface area contributed by atoms with Crippen molar-refractivity contribution in [1.82, 2.24) is 20.2 Å². The Balaban J connectivity index is 1.76. The minimum Gasteiger partial charge on any atom is -0.477 e. The Hall–Kier alpha value is -4.02. The predicted molar refractivity (Wildman–Crippen MR) is 131 cm³/mol. The molecule has 1 aromatic carbocycles. The SMILES string of the molecule is COc1nc(C2(C(F)(F)F)CCC2)cnc1Oc1nnc(C(F)(F)F)c(C)c1C(=O)Nc1cccc(S(C)(=N)=O)c1. The van der Waals surface area contributed by atoms with E-state index in [9.17, 15) is 35.3 Å². The van der Waals surface area contributed by atoms with Crippen LogP contribution in [0.3, 0.4) is 0 Å². The molecular weight excluding hydrogens is 582 g/mol. The van der Waals surface area contributed by atoms with Crippen LogP contribution in [0, 0.1) is 11.7 Å². The smallest absolute Gasteiger partial charge is 0.435 e. The quantitative estimate of drug-likeness (QED) is 0.329. The second-order valence-corrected chi connectivity index (χ2v) is 11.4. The van der Waals surface area contributed by atoms with Crippen molar-refractivity contribution in [2.75, 3.05) is 18.7 Å². The molecule has 1 fully saturated rings. The molecule has 0 radical (unpaired) electrons. The van der Waals surface area contributed by atoms with Gasteiger partial charge in [0, 0.05) is 16.8 Å². The third kappa shape index (κ3) is 5.75. The second kappa shape index (κ2) is 10.4. The zero-order chi connectivity index (χ0) is 30.4. The molecule has 0 saturated heterocycles. The zero-order valence-electron chi connectivity index (χ0n) is 21.6. The van der Waals surface area contributed by atoms with Gasteiger partial charge in [-0.2, -0.15) is 26.3 Å². The highest BCUT2D eigenvalue weighted by atomic mass is 32.2. The molecule has 41 heavy (non-hydrogen) atoms. The summed E-state index contributed by atoms with van der Waals surface area (Å²) in [6.07, 6.45) is -7.75. The van der Waals surface area contributed by atoms with Crippen LogP contribution in [0.1, 0.15) is 46.6 Å². The lowest BCUT2D eigenvalue weighted by Crippen LogP contribution is -2.48. The van der Waals surface area contributed by atoms with Gasteiger partial charge in [-0.05, 0) is 43.5 Å². The number of alkyl halides is 6. The van der Waals surface area contributed by atoms with Crippen LogP contribution in [0.2, 0.25) is 0 Å². The number of nitrogens with one attached hydrogen (secondary N) is 2. The van der Waals surface area contributed by atoms with Gasteiger partial charge in [0.2, 0.25) is 0 Å². The molecule has 10 nitrogen and oxygen atoms in total. The Kier molecular flexibility index (Phi) is 7.62. The number of hydrogen-bond acceptors (Lipinski definition) is 9. The summed E-state index contributed by atoms with van der Waals surface area (Å²) in [5.41, 5.74) is -5.53. The van der Waals surface area contributed by atoms with E-state index in [1.54, 1.807) is 0 Å². The highest BCUT2D eigenvalue weighted by molar-refractivity contribution is 7.91. The number of ether oxygens (including phenoxy) is 2. The highest BCUT2D eigenvalue weighted by Gasteiger charge is 2.60. The van der Waals surface area contributed by atoms with Crippen LogP contribution in [-0.4, -0.2) is 49.8 Å². The molecule has 1 atom stereocenters. The van der Waals surface area contributed by atoms with Crippen molar-refractivity contribution in [2.45, 2.75) is 48.8 Å². The molecule has 220 valence electrons. The summed E-state index contributed by atoms with van der Waals surface area (Å²) in [6.45, 7) is 0.952. The maximum absolute atomic E-state index is 13.8. The van der Waals surface area contributed by atoms with Crippen molar-refractivity contribution in [1.29, 1.82) is 4.78 Å². The fourth-order valence-corrected chi connectivity index (χ4v) is 4.91.